The molecule has 0 aliphatic rings. The summed E-state index contributed by atoms with van der Waals surface area (Å²) in [5, 5.41) is 5.47. The van der Waals surface area contributed by atoms with E-state index in [1.54, 1.807) is 24.3 Å². The van der Waals surface area contributed by atoms with Crippen molar-refractivity contribution in [2.75, 3.05) is 17.7 Å². The fraction of sp³-hybridized carbons (Fsp3) is 0.0500. The van der Waals surface area contributed by atoms with Crippen LogP contribution in [-0.4, -0.2) is 24.0 Å². The highest BCUT2D eigenvalue weighted by atomic mass is 19.2. The molecular weight excluding hydrogens is 368 g/mol. The van der Waals surface area contributed by atoms with Crippen LogP contribution < -0.4 is 10.6 Å². The summed E-state index contributed by atoms with van der Waals surface area (Å²) < 4.78 is 30.9. The molecule has 3 aromatic rings. The molecule has 0 aliphatic heterocycles. The Hall–Kier alpha value is -3.81. The number of carbonyl (C=O) groups excluding carboxylic acids is 2. The molecule has 1 amide bonds. The molecule has 0 aliphatic carbocycles. The third kappa shape index (κ3) is 4.29. The monoisotopic (exact) mass is 383 g/mol. The highest BCUT2D eigenvalue weighted by Crippen LogP contribution is 2.20. The molecule has 28 heavy (non-hydrogen) atoms. The number of nitrogens with one attached hydrogen (secondary N) is 2. The second-order valence-electron chi connectivity index (χ2n) is 5.68. The van der Waals surface area contributed by atoms with E-state index in [-0.39, 0.29) is 11.3 Å². The molecule has 2 N–H and O–H groups in total. The van der Waals surface area contributed by atoms with Gasteiger partial charge in [0.1, 0.15) is 5.69 Å². The van der Waals surface area contributed by atoms with E-state index in [4.69, 9.17) is 0 Å². The molecule has 0 spiro atoms. The Morgan fingerprint density at radius 3 is 2.39 bits per heavy atom. The van der Waals surface area contributed by atoms with Gasteiger partial charge < -0.3 is 15.4 Å². The summed E-state index contributed by atoms with van der Waals surface area (Å²) in [4.78, 5) is 28.2. The summed E-state index contributed by atoms with van der Waals surface area (Å²) >= 11 is 0. The molecular formula is C20H15F2N3O3. The van der Waals surface area contributed by atoms with Gasteiger partial charge in [-0.1, -0.05) is 12.1 Å². The second kappa shape index (κ2) is 8.26. The molecule has 0 fully saturated rings. The molecule has 6 nitrogen and oxygen atoms in total. The highest BCUT2D eigenvalue weighted by Gasteiger charge is 2.15. The maximum atomic E-state index is 13.3. The van der Waals surface area contributed by atoms with Crippen molar-refractivity contribution < 1.29 is 23.1 Å². The number of hydrogen-bond donors (Lipinski definition) is 2. The summed E-state index contributed by atoms with van der Waals surface area (Å²) in [6.45, 7) is 0. The van der Waals surface area contributed by atoms with Gasteiger partial charge in [-0.3, -0.25) is 4.79 Å². The van der Waals surface area contributed by atoms with Crippen LogP contribution in [0.25, 0.3) is 0 Å². The predicted molar refractivity (Wildman–Crippen MR) is 99.6 cm³/mol. The number of halogens is 2. The number of pyridine rings is 1. The normalized spacial score (nSPS) is 10.2. The van der Waals surface area contributed by atoms with Crippen LogP contribution in [0.5, 0.6) is 0 Å². The van der Waals surface area contributed by atoms with E-state index < -0.39 is 23.5 Å². The number of methoxy groups -OCH3 is 1. The minimum absolute atomic E-state index is 0.107. The standard InChI is InChI=1S/C20H15F2N3O3/c1-28-20(27)14-4-2-3-5-17(14)25-19(26)18-9-7-13(11-23-18)24-12-6-8-15(21)16(22)10-12/h2-11,24H,1H3,(H,25,26). The quantitative estimate of drug-likeness (QED) is 0.647. The number of amides is 1. The SMILES string of the molecule is COC(=O)c1ccccc1NC(=O)c1ccc(Nc2ccc(F)c(F)c2)cn1. The molecule has 0 unspecified atom stereocenters. The van der Waals surface area contributed by atoms with Crippen LogP contribution in [0.1, 0.15) is 20.8 Å². The molecule has 1 heterocycles. The zero-order chi connectivity index (χ0) is 20.1. The average Bonchev–Trinajstić information content (AvgIpc) is 2.71. The number of carbonyl (C=O) groups is 2. The summed E-state index contributed by atoms with van der Waals surface area (Å²) in [6, 6.07) is 12.8. The molecule has 1 aromatic heterocycles. The zero-order valence-electron chi connectivity index (χ0n) is 14.7. The Morgan fingerprint density at radius 2 is 1.71 bits per heavy atom. The third-order valence-corrected chi connectivity index (χ3v) is 3.78. The first-order valence-electron chi connectivity index (χ1n) is 8.15. The Morgan fingerprint density at radius 1 is 0.964 bits per heavy atom. The van der Waals surface area contributed by atoms with Gasteiger partial charge in [-0.25, -0.2) is 18.6 Å². The maximum absolute atomic E-state index is 13.3. The predicted octanol–water partition coefficient (Wildman–Crippen LogP) is 4.14. The van der Waals surface area contributed by atoms with Crippen molar-refractivity contribution in [3.05, 3.63) is 83.7 Å². The first-order valence-corrected chi connectivity index (χ1v) is 8.15. The van der Waals surface area contributed by atoms with Crippen LogP contribution in [0.15, 0.2) is 60.8 Å². The van der Waals surface area contributed by atoms with E-state index in [0.29, 0.717) is 17.1 Å². The Labute approximate surface area is 159 Å². The molecule has 3 rings (SSSR count). The van der Waals surface area contributed by atoms with E-state index in [1.165, 1.54) is 31.5 Å². The van der Waals surface area contributed by atoms with Gasteiger partial charge in [0.15, 0.2) is 11.6 Å². The molecule has 0 atom stereocenters. The van der Waals surface area contributed by atoms with Crippen LogP contribution in [0, 0.1) is 11.6 Å². The van der Waals surface area contributed by atoms with Crippen molar-refractivity contribution in [1.29, 1.82) is 0 Å². The summed E-state index contributed by atoms with van der Waals surface area (Å²) in [7, 11) is 1.25. The number of anilines is 3. The summed E-state index contributed by atoms with van der Waals surface area (Å²) in [5.74, 6) is -3.01. The lowest BCUT2D eigenvalue weighted by Crippen LogP contribution is -2.16. The van der Waals surface area contributed by atoms with Gasteiger partial charge in [-0.2, -0.15) is 0 Å². The van der Waals surface area contributed by atoms with Gasteiger partial charge in [-0.05, 0) is 36.4 Å². The highest BCUT2D eigenvalue weighted by molar-refractivity contribution is 6.07. The topological polar surface area (TPSA) is 80.3 Å². The van der Waals surface area contributed by atoms with Crippen LogP contribution in [0.2, 0.25) is 0 Å². The fourth-order valence-electron chi connectivity index (χ4n) is 2.41. The van der Waals surface area contributed by atoms with Crippen LogP contribution in [-0.2, 0) is 4.74 Å². The third-order valence-electron chi connectivity index (χ3n) is 3.78. The van der Waals surface area contributed by atoms with Gasteiger partial charge in [0.05, 0.1) is 30.2 Å². The van der Waals surface area contributed by atoms with Gasteiger partial charge in [-0.15, -0.1) is 0 Å². The van der Waals surface area contributed by atoms with Crippen LogP contribution in [0.4, 0.5) is 25.8 Å². The number of nitrogens with zero attached hydrogens (tertiary/aromatic N) is 1. The molecule has 0 radical (unpaired) electrons. The smallest absolute Gasteiger partial charge is 0.339 e. The maximum Gasteiger partial charge on any atom is 0.339 e. The van der Waals surface area contributed by atoms with Crippen molar-refractivity contribution >= 4 is 28.9 Å². The first kappa shape index (κ1) is 19.0. The molecule has 0 bridgehead atoms. The zero-order valence-corrected chi connectivity index (χ0v) is 14.7. The number of benzene rings is 2. The van der Waals surface area contributed by atoms with Crippen molar-refractivity contribution in [3.63, 3.8) is 0 Å². The van der Waals surface area contributed by atoms with E-state index in [1.807, 2.05) is 0 Å². The number of hydrogen-bond acceptors (Lipinski definition) is 5. The molecule has 142 valence electrons. The molecule has 8 heteroatoms. The lowest BCUT2D eigenvalue weighted by atomic mass is 10.1. The van der Waals surface area contributed by atoms with E-state index >= 15 is 0 Å². The van der Waals surface area contributed by atoms with Gasteiger partial charge in [0, 0.05) is 11.8 Å². The van der Waals surface area contributed by atoms with Crippen LogP contribution >= 0.6 is 0 Å². The number of aromatic nitrogens is 1. The first-order chi connectivity index (χ1) is 13.5. The Balaban J connectivity index is 1.72. The molecule has 0 saturated carbocycles. The number of rotatable bonds is 5. The fourth-order valence-corrected chi connectivity index (χ4v) is 2.41. The largest absolute Gasteiger partial charge is 0.465 e. The van der Waals surface area contributed by atoms with E-state index in [0.717, 1.165) is 12.1 Å². The summed E-state index contributed by atoms with van der Waals surface area (Å²) in [5.41, 5.74) is 1.44. The van der Waals surface area contributed by atoms with Gasteiger partial charge in [0.2, 0.25) is 0 Å². The van der Waals surface area contributed by atoms with Crippen LogP contribution in [0.3, 0.4) is 0 Å². The van der Waals surface area contributed by atoms with Gasteiger partial charge >= 0.3 is 5.97 Å². The number of ether oxygens (including phenoxy) is 1. The minimum Gasteiger partial charge on any atom is -0.465 e. The van der Waals surface area contributed by atoms with Gasteiger partial charge in [0.25, 0.3) is 5.91 Å². The van der Waals surface area contributed by atoms with Crippen molar-refractivity contribution in [2.45, 2.75) is 0 Å². The Kier molecular flexibility index (Phi) is 5.59. The van der Waals surface area contributed by atoms with Crippen molar-refractivity contribution in [2.24, 2.45) is 0 Å². The van der Waals surface area contributed by atoms with E-state index in [9.17, 15) is 18.4 Å². The number of esters is 1. The second-order valence-corrected chi connectivity index (χ2v) is 5.68. The van der Waals surface area contributed by atoms with E-state index in [2.05, 4.69) is 20.4 Å². The Bertz CT molecular complexity index is 1020. The molecule has 0 saturated heterocycles. The molecule has 2 aromatic carbocycles. The summed E-state index contributed by atoms with van der Waals surface area (Å²) in [6.07, 6.45) is 1.38. The lowest BCUT2D eigenvalue weighted by Gasteiger charge is -2.10. The lowest BCUT2D eigenvalue weighted by molar-refractivity contribution is 0.0602. The minimum atomic E-state index is -0.974. The van der Waals surface area contributed by atoms with Crippen molar-refractivity contribution in [1.82, 2.24) is 4.98 Å². The number of para-hydroxylation sites is 1. The van der Waals surface area contributed by atoms with Crippen molar-refractivity contribution in [3.8, 4) is 0 Å². The average molecular weight is 383 g/mol.